The molecule has 1 rings (SSSR count). The molecule has 1 aromatic rings. The Morgan fingerprint density at radius 3 is 2.76 bits per heavy atom. The van der Waals surface area contributed by atoms with Gasteiger partial charge in [0.2, 0.25) is 5.91 Å². The van der Waals surface area contributed by atoms with E-state index in [1.807, 2.05) is 7.05 Å². The maximum absolute atomic E-state index is 12.3. The van der Waals surface area contributed by atoms with Crippen molar-refractivity contribution in [2.24, 2.45) is 0 Å². The maximum Gasteiger partial charge on any atom is 0.387 e. The van der Waals surface area contributed by atoms with Crippen LogP contribution in [-0.4, -0.2) is 33.2 Å². The quantitative estimate of drug-likeness (QED) is 0.684. The zero-order valence-corrected chi connectivity index (χ0v) is 12.1. The van der Waals surface area contributed by atoms with Crippen LogP contribution < -0.4 is 20.1 Å². The fraction of sp³-hybridized carbons (Fsp3) is 0.500. The molecule has 0 aliphatic carbocycles. The van der Waals surface area contributed by atoms with Gasteiger partial charge in [0, 0.05) is 18.5 Å². The van der Waals surface area contributed by atoms with Crippen LogP contribution in [0.2, 0.25) is 0 Å². The van der Waals surface area contributed by atoms with E-state index >= 15 is 0 Å². The number of rotatable bonds is 9. The number of alkyl halides is 2. The minimum Gasteiger partial charge on any atom is -0.497 e. The third kappa shape index (κ3) is 6.40. The highest BCUT2D eigenvalue weighted by Crippen LogP contribution is 2.25. The smallest absolute Gasteiger partial charge is 0.387 e. The number of hydrogen-bond acceptors (Lipinski definition) is 4. The highest BCUT2D eigenvalue weighted by Gasteiger charge is 2.12. The van der Waals surface area contributed by atoms with Gasteiger partial charge in [0.05, 0.1) is 7.11 Å². The molecule has 118 valence electrons. The Hall–Kier alpha value is -1.89. The van der Waals surface area contributed by atoms with Gasteiger partial charge in [-0.15, -0.1) is 0 Å². The van der Waals surface area contributed by atoms with Gasteiger partial charge in [-0.25, -0.2) is 0 Å². The lowest BCUT2D eigenvalue weighted by atomic mass is 10.2. The first-order valence-electron chi connectivity index (χ1n) is 6.60. The van der Waals surface area contributed by atoms with Crippen molar-refractivity contribution >= 4 is 5.91 Å². The standard InChI is InChI=1S/C14H20F2N2O3/c1-17-7-3-4-13(19)18-9-10-8-11(20-2)5-6-12(10)21-14(15)16/h5-6,8,14,17H,3-4,7,9H2,1-2H3,(H,18,19). The summed E-state index contributed by atoms with van der Waals surface area (Å²) in [6.45, 7) is -2.06. The molecule has 0 heterocycles. The second-order valence-electron chi connectivity index (χ2n) is 4.34. The molecule has 0 aromatic heterocycles. The number of methoxy groups -OCH3 is 1. The molecule has 0 unspecified atom stereocenters. The lowest BCUT2D eigenvalue weighted by molar-refractivity contribution is -0.121. The highest BCUT2D eigenvalue weighted by atomic mass is 19.3. The fourth-order valence-corrected chi connectivity index (χ4v) is 1.74. The molecule has 0 aliphatic heterocycles. The van der Waals surface area contributed by atoms with Gasteiger partial charge in [-0.1, -0.05) is 0 Å². The lowest BCUT2D eigenvalue weighted by Gasteiger charge is -2.13. The van der Waals surface area contributed by atoms with Crippen molar-refractivity contribution in [1.82, 2.24) is 10.6 Å². The SMILES string of the molecule is CNCCCC(=O)NCc1cc(OC)ccc1OC(F)F. The van der Waals surface area contributed by atoms with E-state index in [1.54, 1.807) is 6.07 Å². The maximum atomic E-state index is 12.3. The van der Waals surface area contributed by atoms with E-state index < -0.39 is 6.61 Å². The van der Waals surface area contributed by atoms with Crippen molar-refractivity contribution in [2.75, 3.05) is 20.7 Å². The Morgan fingerprint density at radius 1 is 1.38 bits per heavy atom. The van der Waals surface area contributed by atoms with Crippen molar-refractivity contribution in [3.63, 3.8) is 0 Å². The van der Waals surface area contributed by atoms with Gasteiger partial charge in [-0.2, -0.15) is 8.78 Å². The predicted octanol–water partition coefficient (Wildman–Crippen LogP) is 1.91. The summed E-state index contributed by atoms with van der Waals surface area (Å²) < 4.78 is 34.1. The summed E-state index contributed by atoms with van der Waals surface area (Å²) in [7, 11) is 3.28. The first kappa shape index (κ1) is 17.2. The van der Waals surface area contributed by atoms with E-state index in [9.17, 15) is 13.6 Å². The van der Waals surface area contributed by atoms with Gasteiger partial charge < -0.3 is 20.1 Å². The Kier molecular flexibility index (Phi) is 7.45. The Morgan fingerprint density at radius 2 is 2.14 bits per heavy atom. The number of ether oxygens (including phenoxy) is 2. The molecular weight excluding hydrogens is 282 g/mol. The zero-order chi connectivity index (χ0) is 15.7. The molecule has 0 saturated heterocycles. The monoisotopic (exact) mass is 302 g/mol. The van der Waals surface area contributed by atoms with E-state index in [4.69, 9.17) is 4.74 Å². The number of carbonyl (C=O) groups is 1. The summed E-state index contributed by atoms with van der Waals surface area (Å²) in [5.74, 6) is 0.397. The summed E-state index contributed by atoms with van der Waals surface area (Å²) >= 11 is 0. The van der Waals surface area contributed by atoms with E-state index in [1.165, 1.54) is 19.2 Å². The van der Waals surface area contributed by atoms with Crippen LogP contribution in [-0.2, 0) is 11.3 Å². The van der Waals surface area contributed by atoms with Gasteiger partial charge in [-0.05, 0) is 38.2 Å². The number of hydrogen-bond donors (Lipinski definition) is 2. The second kappa shape index (κ2) is 9.12. The zero-order valence-electron chi connectivity index (χ0n) is 12.1. The summed E-state index contributed by atoms with van der Waals surface area (Å²) in [5, 5.41) is 5.62. The van der Waals surface area contributed by atoms with Crippen LogP contribution in [0.4, 0.5) is 8.78 Å². The van der Waals surface area contributed by atoms with Gasteiger partial charge >= 0.3 is 6.61 Å². The van der Waals surface area contributed by atoms with E-state index in [-0.39, 0.29) is 18.2 Å². The molecule has 0 aliphatic rings. The van der Waals surface area contributed by atoms with Crippen molar-refractivity contribution in [3.8, 4) is 11.5 Å². The van der Waals surface area contributed by atoms with Crippen LogP contribution in [0.25, 0.3) is 0 Å². The summed E-state index contributed by atoms with van der Waals surface area (Å²) in [6.07, 6.45) is 1.08. The number of carbonyl (C=O) groups excluding carboxylic acids is 1. The van der Waals surface area contributed by atoms with Crippen molar-refractivity contribution in [3.05, 3.63) is 23.8 Å². The molecule has 2 N–H and O–H groups in total. The van der Waals surface area contributed by atoms with E-state index in [0.29, 0.717) is 24.2 Å². The van der Waals surface area contributed by atoms with Crippen LogP contribution in [0.3, 0.4) is 0 Å². The highest BCUT2D eigenvalue weighted by molar-refractivity contribution is 5.75. The van der Waals surface area contributed by atoms with Crippen LogP contribution in [0.15, 0.2) is 18.2 Å². The van der Waals surface area contributed by atoms with Gasteiger partial charge in [0.25, 0.3) is 0 Å². The first-order chi connectivity index (χ1) is 10.1. The number of nitrogens with one attached hydrogen (secondary N) is 2. The first-order valence-corrected chi connectivity index (χ1v) is 6.60. The summed E-state index contributed by atoms with van der Waals surface area (Å²) in [5.41, 5.74) is 0.441. The summed E-state index contributed by atoms with van der Waals surface area (Å²) in [6, 6.07) is 4.48. The topological polar surface area (TPSA) is 59.6 Å². The molecule has 21 heavy (non-hydrogen) atoms. The van der Waals surface area contributed by atoms with Crippen LogP contribution >= 0.6 is 0 Å². The second-order valence-corrected chi connectivity index (χ2v) is 4.34. The number of benzene rings is 1. The Bertz CT molecular complexity index is 456. The van der Waals surface area contributed by atoms with Gasteiger partial charge in [-0.3, -0.25) is 4.79 Å². The molecule has 0 spiro atoms. The van der Waals surface area contributed by atoms with Crippen molar-refractivity contribution in [1.29, 1.82) is 0 Å². The predicted molar refractivity (Wildman–Crippen MR) is 74.6 cm³/mol. The average Bonchev–Trinajstić information content (AvgIpc) is 2.46. The van der Waals surface area contributed by atoms with Gasteiger partial charge in [0.15, 0.2) is 0 Å². The minimum atomic E-state index is -2.91. The molecule has 7 heteroatoms. The summed E-state index contributed by atoms with van der Waals surface area (Å²) in [4.78, 5) is 11.6. The fourth-order valence-electron chi connectivity index (χ4n) is 1.74. The minimum absolute atomic E-state index is 0.0290. The van der Waals surface area contributed by atoms with Crippen LogP contribution in [0.1, 0.15) is 18.4 Å². The Balaban J connectivity index is 2.64. The molecule has 1 amide bonds. The normalized spacial score (nSPS) is 10.5. The molecule has 0 bridgehead atoms. The molecule has 1 aromatic carbocycles. The van der Waals surface area contributed by atoms with Crippen molar-refractivity contribution < 1.29 is 23.0 Å². The Labute approximate surface area is 122 Å². The third-order valence-corrected chi connectivity index (χ3v) is 2.79. The number of amides is 1. The van der Waals surface area contributed by atoms with E-state index in [2.05, 4.69) is 15.4 Å². The molecule has 0 radical (unpaired) electrons. The molecule has 0 atom stereocenters. The van der Waals surface area contributed by atoms with Crippen LogP contribution in [0.5, 0.6) is 11.5 Å². The molecular formula is C14H20F2N2O3. The van der Waals surface area contributed by atoms with Crippen molar-refractivity contribution in [2.45, 2.75) is 26.0 Å². The molecule has 0 fully saturated rings. The molecule has 5 nitrogen and oxygen atoms in total. The molecule has 0 saturated carbocycles. The average molecular weight is 302 g/mol. The van der Waals surface area contributed by atoms with Gasteiger partial charge in [0.1, 0.15) is 11.5 Å². The third-order valence-electron chi connectivity index (χ3n) is 2.79. The van der Waals surface area contributed by atoms with Crippen LogP contribution in [0, 0.1) is 0 Å². The van der Waals surface area contributed by atoms with E-state index in [0.717, 1.165) is 6.54 Å². The lowest BCUT2D eigenvalue weighted by Crippen LogP contribution is -2.24. The number of halogens is 2. The largest absolute Gasteiger partial charge is 0.497 e.